The standard InChI is InChI=1S/C18H18ClFN2O2S/c1-25-10-9-16(22-17(23)12-5-3-2-4-6-12)18(24)21-15-8-7-13(19)11-14(15)20/h2-8,11,16H,9-10H2,1H3,(H,21,24)(H,22,23)/t16-/m1/s1. The highest BCUT2D eigenvalue weighted by Crippen LogP contribution is 2.19. The van der Waals surface area contributed by atoms with Crippen LogP contribution in [0.3, 0.4) is 0 Å². The molecule has 2 N–H and O–H groups in total. The molecule has 1 atom stereocenters. The summed E-state index contributed by atoms with van der Waals surface area (Å²) in [4.78, 5) is 24.8. The summed E-state index contributed by atoms with van der Waals surface area (Å²) in [5, 5.41) is 5.46. The number of carbonyl (C=O) groups excluding carboxylic acids is 2. The fraction of sp³-hybridized carbons (Fsp3) is 0.222. The summed E-state index contributed by atoms with van der Waals surface area (Å²) in [6, 6.07) is 11.9. The number of thioether (sulfide) groups is 1. The summed E-state index contributed by atoms with van der Waals surface area (Å²) < 4.78 is 13.9. The predicted octanol–water partition coefficient (Wildman–Crippen LogP) is 3.97. The molecule has 0 spiro atoms. The lowest BCUT2D eigenvalue weighted by molar-refractivity contribution is -0.118. The minimum absolute atomic E-state index is 0.0255. The number of hydrogen-bond donors (Lipinski definition) is 2. The molecule has 0 fully saturated rings. The first-order valence-corrected chi connectivity index (χ1v) is 9.39. The van der Waals surface area contributed by atoms with Gasteiger partial charge in [-0.2, -0.15) is 11.8 Å². The summed E-state index contributed by atoms with van der Waals surface area (Å²) in [5.74, 6) is -0.771. The number of hydrogen-bond acceptors (Lipinski definition) is 3. The highest BCUT2D eigenvalue weighted by Gasteiger charge is 2.22. The lowest BCUT2D eigenvalue weighted by atomic mass is 10.1. The molecule has 0 aromatic heterocycles. The van der Waals surface area contributed by atoms with Gasteiger partial charge in [0, 0.05) is 10.6 Å². The number of anilines is 1. The lowest BCUT2D eigenvalue weighted by Crippen LogP contribution is -2.44. The number of halogens is 2. The molecule has 0 saturated heterocycles. The van der Waals surface area contributed by atoms with E-state index in [0.717, 1.165) is 6.07 Å². The second-order valence-electron chi connectivity index (χ2n) is 5.29. The van der Waals surface area contributed by atoms with Gasteiger partial charge in [-0.3, -0.25) is 9.59 Å². The molecule has 0 saturated carbocycles. The predicted molar refractivity (Wildman–Crippen MR) is 101 cm³/mol. The van der Waals surface area contributed by atoms with Crippen molar-refractivity contribution in [2.45, 2.75) is 12.5 Å². The van der Waals surface area contributed by atoms with Crippen LogP contribution in [0.1, 0.15) is 16.8 Å². The maximum atomic E-state index is 13.9. The van der Waals surface area contributed by atoms with Crippen LogP contribution in [0.2, 0.25) is 5.02 Å². The van der Waals surface area contributed by atoms with Gasteiger partial charge in [0.25, 0.3) is 5.91 Å². The summed E-state index contributed by atoms with van der Waals surface area (Å²) in [7, 11) is 0. The Morgan fingerprint density at radius 3 is 2.56 bits per heavy atom. The van der Waals surface area contributed by atoms with Crippen LogP contribution in [0, 0.1) is 5.82 Å². The Labute approximate surface area is 155 Å². The van der Waals surface area contributed by atoms with E-state index in [-0.39, 0.29) is 16.6 Å². The van der Waals surface area contributed by atoms with Gasteiger partial charge in [0.05, 0.1) is 5.69 Å². The largest absolute Gasteiger partial charge is 0.340 e. The zero-order valence-electron chi connectivity index (χ0n) is 13.6. The second-order valence-corrected chi connectivity index (χ2v) is 6.71. The van der Waals surface area contributed by atoms with Crippen molar-refractivity contribution in [1.82, 2.24) is 5.32 Å². The van der Waals surface area contributed by atoms with E-state index in [0.29, 0.717) is 17.7 Å². The van der Waals surface area contributed by atoms with Gasteiger partial charge in [0.15, 0.2) is 0 Å². The number of benzene rings is 2. The third-order valence-corrected chi connectivity index (χ3v) is 4.34. The number of nitrogens with one attached hydrogen (secondary N) is 2. The molecule has 0 radical (unpaired) electrons. The van der Waals surface area contributed by atoms with E-state index in [9.17, 15) is 14.0 Å². The molecule has 132 valence electrons. The summed E-state index contributed by atoms with van der Waals surface area (Å²) in [5.41, 5.74) is 0.486. The van der Waals surface area contributed by atoms with E-state index in [1.54, 1.807) is 42.1 Å². The molecular formula is C18H18ClFN2O2S. The molecule has 4 nitrogen and oxygen atoms in total. The normalized spacial score (nSPS) is 11.6. The Bertz CT molecular complexity index is 743. The molecular weight excluding hydrogens is 363 g/mol. The van der Waals surface area contributed by atoms with Crippen molar-refractivity contribution in [2.24, 2.45) is 0 Å². The van der Waals surface area contributed by atoms with Gasteiger partial charge in [-0.15, -0.1) is 0 Å². The van der Waals surface area contributed by atoms with Gasteiger partial charge in [-0.05, 0) is 48.8 Å². The fourth-order valence-corrected chi connectivity index (χ4v) is 2.78. The van der Waals surface area contributed by atoms with Crippen LogP contribution >= 0.6 is 23.4 Å². The van der Waals surface area contributed by atoms with Crippen molar-refractivity contribution in [3.63, 3.8) is 0 Å². The Morgan fingerprint density at radius 1 is 1.20 bits per heavy atom. The average molecular weight is 381 g/mol. The van der Waals surface area contributed by atoms with Crippen LogP contribution in [0.25, 0.3) is 0 Å². The number of amides is 2. The van der Waals surface area contributed by atoms with E-state index in [1.807, 2.05) is 6.26 Å². The minimum atomic E-state index is -0.768. The Kier molecular flexibility index (Phi) is 7.28. The zero-order chi connectivity index (χ0) is 18.2. The van der Waals surface area contributed by atoms with Crippen LogP contribution in [-0.4, -0.2) is 29.9 Å². The van der Waals surface area contributed by atoms with Crippen LogP contribution in [0.15, 0.2) is 48.5 Å². The number of carbonyl (C=O) groups is 2. The fourth-order valence-electron chi connectivity index (χ4n) is 2.15. The summed E-state index contributed by atoms with van der Waals surface area (Å²) in [6.07, 6.45) is 2.34. The first kappa shape index (κ1) is 19.3. The molecule has 7 heteroatoms. The van der Waals surface area contributed by atoms with E-state index >= 15 is 0 Å². The van der Waals surface area contributed by atoms with Gasteiger partial charge < -0.3 is 10.6 Å². The average Bonchev–Trinajstić information content (AvgIpc) is 2.61. The topological polar surface area (TPSA) is 58.2 Å². The van der Waals surface area contributed by atoms with Gasteiger partial charge in [-0.1, -0.05) is 29.8 Å². The third kappa shape index (κ3) is 5.76. The first-order valence-electron chi connectivity index (χ1n) is 7.62. The number of rotatable bonds is 7. The van der Waals surface area contributed by atoms with Crippen molar-refractivity contribution in [3.8, 4) is 0 Å². The quantitative estimate of drug-likeness (QED) is 0.764. The third-order valence-electron chi connectivity index (χ3n) is 3.46. The molecule has 0 aliphatic rings. The van der Waals surface area contributed by atoms with E-state index in [4.69, 9.17) is 11.6 Å². The lowest BCUT2D eigenvalue weighted by Gasteiger charge is -2.18. The van der Waals surface area contributed by atoms with Crippen LogP contribution in [0.4, 0.5) is 10.1 Å². The van der Waals surface area contributed by atoms with Crippen molar-refractivity contribution in [1.29, 1.82) is 0 Å². The van der Waals surface area contributed by atoms with E-state index in [1.165, 1.54) is 12.1 Å². The summed E-state index contributed by atoms with van der Waals surface area (Å²) >= 11 is 7.27. The minimum Gasteiger partial charge on any atom is -0.340 e. The molecule has 2 aromatic carbocycles. The van der Waals surface area contributed by atoms with Gasteiger partial charge in [0.1, 0.15) is 11.9 Å². The first-order chi connectivity index (χ1) is 12.0. The Balaban J connectivity index is 2.10. The molecule has 2 rings (SSSR count). The Hall–Kier alpha value is -2.05. The molecule has 0 unspecified atom stereocenters. The van der Waals surface area contributed by atoms with Gasteiger partial charge in [0.2, 0.25) is 5.91 Å². The molecule has 2 amide bonds. The second kappa shape index (κ2) is 9.44. The SMILES string of the molecule is CSCC[C@@H](NC(=O)c1ccccc1)C(=O)Nc1ccc(Cl)cc1F. The zero-order valence-corrected chi connectivity index (χ0v) is 15.2. The highest BCUT2D eigenvalue weighted by molar-refractivity contribution is 7.98. The highest BCUT2D eigenvalue weighted by atomic mass is 35.5. The molecule has 2 aromatic rings. The van der Waals surface area contributed by atoms with Crippen LogP contribution < -0.4 is 10.6 Å². The van der Waals surface area contributed by atoms with Gasteiger partial charge in [-0.25, -0.2) is 4.39 Å². The Morgan fingerprint density at radius 2 is 1.92 bits per heavy atom. The van der Waals surface area contributed by atoms with Crippen molar-refractivity contribution >= 4 is 40.9 Å². The van der Waals surface area contributed by atoms with Gasteiger partial charge >= 0.3 is 0 Å². The molecule has 0 aliphatic carbocycles. The smallest absolute Gasteiger partial charge is 0.251 e. The summed E-state index contributed by atoms with van der Waals surface area (Å²) in [6.45, 7) is 0. The van der Waals surface area contributed by atoms with Crippen LogP contribution in [-0.2, 0) is 4.79 Å². The molecule has 0 heterocycles. The molecule has 25 heavy (non-hydrogen) atoms. The van der Waals surface area contributed by atoms with Crippen molar-refractivity contribution in [2.75, 3.05) is 17.3 Å². The van der Waals surface area contributed by atoms with E-state index < -0.39 is 17.8 Å². The molecule has 0 bridgehead atoms. The van der Waals surface area contributed by atoms with Crippen LogP contribution in [0.5, 0.6) is 0 Å². The van der Waals surface area contributed by atoms with Crippen molar-refractivity contribution in [3.05, 3.63) is 64.9 Å². The maximum Gasteiger partial charge on any atom is 0.251 e. The van der Waals surface area contributed by atoms with Crippen molar-refractivity contribution < 1.29 is 14.0 Å². The van der Waals surface area contributed by atoms with E-state index in [2.05, 4.69) is 10.6 Å². The molecule has 0 aliphatic heterocycles. The maximum absolute atomic E-state index is 13.9. The monoisotopic (exact) mass is 380 g/mol.